The molecule has 0 bridgehead atoms. The highest BCUT2D eigenvalue weighted by atomic mass is 16.6. The van der Waals surface area contributed by atoms with Crippen LogP contribution >= 0.6 is 0 Å². The molecule has 9 N–H and O–H groups in total. The third-order valence-corrected chi connectivity index (χ3v) is 7.12. The summed E-state index contributed by atoms with van der Waals surface area (Å²) in [6.45, 7) is 1.78. The molecule has 1 aromatic carbocycles. The molecule has 192 valence electrons. The van der Waals surface area contributed by atoms with Gasteiger partial charge in [-0.2, -0.15) is 0 Å². The lowest BCUT2D eigenvalue weighted by Gasteiger charge is -2.46. The second kappa shape index (κ2) is 8.34. The van der Waals surface area contributed by atoms with Crippen LogP contribution in [0.25, 0.3) is 0 Å². The fourth-order valence-electron chi connectivity index (χ4n) is 5.44. The minimum absolute atomic E-state index is 0.0102. The Bertz CT molecular complexity index is 1170. The van der Waals surface area contributed by atoms with Crippen LogP contribution in [-0.4, -0.2) is 92.6 Å². The number of aliphatic hydroxyl groups is 2. The number of aliphatic imine (C=N–C) groups is 1. The van der Waals surface area contributed by atoms with Gasteiger partial charge in [0, 0.05) is 19.4 Å². The first kappa shape index (κ1) is 23.8. The summed E-state index contributed by atoms with van der Waals surface area (Å²) in [6, 6.07) is 5.76. The number of rotatable bonds is 5. The number of hydrogen-bond donors (Lipinski definition) is 7. The first-order chi connectivity index (χ1) is 17.0. The van der Waals surface area contributed by atoms with Gasteiger partial charge in [0.15, 0.2) is 18.1 Å². The smallest absolute Gasteiger partial charge is 0.407 e. The minimum Gasteiger partial charge on any atom is -0.438 e. The number of ether oxygens (including phenoxy) is 1. The van der Waals surface area contributed by atoms with Crippen LogP contribution in [0.4, 0.5) is 4.79 Å². The maximum atomic E-state index is 12.6. The monoisotopic (exact) mass is 501 g/mol. The molecule has 4 atom stereocenters. The lowest BCUT2D eigenvalue weighted by molar-refractivity contribution is -0.522. The number of carbonyl (C=O) groups excluding carboxylic acids is 3. The van der Waals surface area contributed by atoms with Gasteiger partial charge in [-0.15, -0.1) is 0 Å². The predicted octanol–water partition coefficient (Wildman–Crippen LogP) is -4.50. The van der Waals surface area contributed by atoms with Crippen LogP contribution in [0.5, 0.6) is 0 Å². The van der Waals surface area contributed by atoms with E-state index in [1.54, 1.807) is 0 Å². The Morgan fingerprint density at radius 1 is 1.31 bits per heavy atom. The summed E-state index contributed by atoms with van der Waals surface area (Å²) in [4.78, 5) is 46.7. The molecule has 0 saturated carbocycles. The number of hydrogen-bond acceptors (Lipinski definition) is 11. The van der Waals surface area contributed by atoms with Gasteiger partial charge < -0.3 is 26.0 Å². The topological polar surface area (TPSA) is 210 Å². The first-order valence-electron chi connectivity index (χ1n) is 11.6. The Kier molecular flexibility index (Phi) is 5.52. The molecule has 3 amide bonds. The van der Waals surface area contributed by atoms with Crippen LogP contribution in [0.2, 0.25) is 0 Å². The van der Waals surface area contributed by atoms with Gasteiger partial charge in [-0.1, -0.05) is 29.8 Å². The van der Waals surface area contributed by atoms with Gasteiger partial charge in [-0.05, 0) is 12.5 Å². The largest absolute Gasteiger partial charge is 0.438 e. The molecule has 4 heterocycles. The van der Waals surface area contributed by atoms with Crippen molar-refractivity contribution in [1.82, 2.24) is 20.4 Å². The Balaban J connectivity index is 1.36. The molecule has 5 rings (SSSR count). The highest BCUT2D eigenvalue weighted by Crippen LogP contribution is 2.42. The van der Waals surface area contributed by atoms with Gasteiger partial charge in [0.25, 0.3) is 11.4 Å². The fourth-order valence-corrected chi connectivity index (χ4v) is 5.44. The summed E-state index contributed by atoms with van der Waals surface area (Å²) in [5.74, 6) is -3.45. The second-order valence-electron chi connectivity index (χ2n) is 9.45. The highest BCUT2D eigenvalue weighted by Gasteiger charge is 2.77. The van der Waals surface area contributed by atoms with Crippen molar-refractivity contribution in [2.24, 2.45) is 16.5 Å². The van der Waals surface area contributed by atoms with Gasteiger partial charge >= 0.3 is 12.1 Å². The van der Waals surface area contributed by atoms with Crippen molar-refractivity contribution in [2.45, 2.75) is 55.9 Å². The third kappa shape index (κ3) is 3.60. The van der Waals surface area contributed by atoms with Crippen molar-refractivity contribution in [3.05, 3.63) is 35.4 Å². The molecule has 2 fully saturated rings. The van der Waals surface area contributed by atoms with Gasteiger partial charge in [-0.3, -0.25) is 30.1 Å². The van der Waals surface area contributed by atoms with Crippen molar-refractivity contribution in [1.29, 1.82) is 0 Å². The Labute approximate surface area is 206 Å². The van der Waals surface area contributed by atoms with Crippen LogP contribution in [-0.2, 0) is 20.9 Å². The zero-order valence-corrected chi connectivity index (χ0v) is 19.6. The molecule has 36 heavy (non-hydrogen) atoms. The number of carbonyl (C=O) groups is 3. The average Bonchev–Trinajstić information content (AvgIpc) is 3.41. The maximum absolute atomic E-state index is 12.6. The molecule has 4 aliphatic heterocycles. The number of alkyl carbamates (subject to hydrolysis) is 1. The number of nitrogens with two attached hydrogens (primary N) is 2. The molecule has 0 aromatic heterocycles. The molecular formula is C22H29N8O6+. The van der Waals surface area contributed by atoms with Gasteiger partial charge in [0.2, 0.25) is 11.8 Å². The summed E-state index contributed by atoms with van der Waals surface area (Å²) >= 11 is 0. The lowest BCUT2D eigenvalue weighted by Crippen LogP contribution is -2.90. The van der Waals surface area contributed by atoms with E-state index in [1.807, 2.05) is 31.2 Å². The molecule has 0 unspecified atom stereocenters. The van der Waals surface area contributed by atoms with Crippen molar-refractivity contribution in [3.63, 3.8) is 0 Å². The van der Waals surface area contributed by atoms with Crippen molar-refractivity contribution < 1.29 is 34.3 Å². The van der Waals surface area contributed by atoms with Crippen LogP contribution < -0.4 is 27.1 Å². The number of amides is 3. The van der Waals surface area contributed by atoms with Crippen LogP contribution in [0.3, 0.4) is 0 Å². The number of benzene rings is 1. The van der Waals surface area contributed by atoms with Crippen molar-refractivity contribution in [3.8, 4) is 0 Å². The quantitative estimate of drug-likeness (QED) is 0.152. The molecule has 0 aliphatic carbocycles. The number of aryl methyl sites for hydroxylation is 1. The molecule has 14 nitrogen and oxygen atoms in total. The fraction of sp³-hybridized carbons (Fsp3) is 0.500. The van der Waals surface area contributed by atoms with Crippen LogP contribution in [0.1, 0.15) is 24.0 Å². The van der Waals surface area contributed by atoms with E-state index in [0.29, 0.717) is 0 Å². The normalized spacial score (nSPS) is 30.4. The van der Waals surface area contributed by atoms with E-state index in [9.17, 15) is 24.6 Å². The standard InChI is InChI=1S/C22H28N8O6/c1-11-3-2-4-12(7-11)8-25-20(33)36-14-10-30-19(24)26-13(9-29-15(31)5-6-16(29)32)17-21(30,22(14,34)35)28-18(23)27-17/h2-4,7,13-14,17,34-35H,5-6,8-10H2,1H3,(H2,24,26)(H,25,33)(H3,23,27,28)/p+1/t13-,14-,17-,21-/m0/s1. The Morgan fingerprint density at radius 3 is 2.72 bits per heavy atom. The SMILES string of the molecule is Cc1cccc(CNC(=O)O[C@H]2CN3C(N)=N[C@@H](CN4C(=O)CCC4=O)[C@@H]4[NH+]=C(N)N[C@@]43C2(O)O)c1. The third-order valence-electron chi connectivity index (χ3n) is 7.12. The van der Waals surface area contributed by atoms with Crippen LogP contribution in [0.15, 0.2) is 29.3 Å². The predicted molar refractivity (Wildman–Crippen MR) is 123 cm³/mol. The van der Waals surface area contributed by atoms with E-state index < -0.39 is 35.7 Å². The van der Waals surface area contributed by atoms with Crippen molar-refractivity contribution in [2.75, 3.05) is 13.1 Å². The van der Waals surface area contributed by atoms with E-state index in [2.05, 4.69) is 20.6 Å². The summed E-state index contributed by atoms with van der Waals surface area (Å²) in [5, 5.41) is 28.2. The lowest BCUT2D eigenvalue weighted by atomic mass is 9.85. The molecule has 14 heteroatoms. The van der Waals surface area contributed by atoms with Gasteiger partial charge in [0.05, 0.1) is 13.1 Å². The average molecular weight is 502 g/mol. The highest BCUT2D eigenvalue weighted by molar-refractivity contribution is 6.02. The number of nitrogens with one attached hydrogen (secondary N) is 3. The van der Waals surface area contributed by atoms with Crippen LogP contribution in [0, 0.1) is 6.92 Å². The van der Waals surface area contributed by atoms with Crippen molar-refractivity contribution >= 4 is 29.8 Å². The Hall–Kier alpha value is -3.91. The number of guanidine groups is 2. The molecule has 2 saturated heterocycles. The van der Waals surface area contributed by atoms with E-state index in [1.165, 1.54) is 4.90 Å². The Morgan fingerprint density at radius 2 is 2.03 bits per heavy atom. The summed E-state index contributed by atoms with van der Waals surface area (Å²) < 4.78 is 5.42. The molecular weight excluding hydrogens is 472 g/mol. The zero-order chi connectivity index (χ0) is 25.8. The molecule has 1 spiro atoms. The van der Waals surface area contributed by atoms with E-state index in [4.69, 9.17) is 16.2 Å². The van der Waals surface area contributed by atoms with E-state index >= 15 is 0 Å². The summed E-state index contributed by atoms with van der Waals surface area (Å²) in [6.07, 6.45) is -2.10. The minimum atomic E-state index is -2.69. The zero-order valence-electron chi connectivity index (χ0n) is 19.6. The second-order valence-corrected chi connectivity index (χ2v) is 9.45. The summed E-state index contributed by atoms with van der Waals surface area (Å²) in [5.41, 5.74) is 12.3. The van der Waals surface area contributed by atoms with Gasteiger partial charge in [-0.25, -0.2) is 15.1 Å². The van der Waals surface area contributed by atoms with E-state index in [-0.39, 0.29) is 56.2 Å². The molecule has 1 aromatic rings. The van der Waals surface area contributed by atoms with Gasteiger partial charge in [0.1, 0.15) is 6.04 Å². The number of nitrogens with zero attached hydrogens (tertiary/aromatic N) is 3. The molecule has 0 radical (unpaired) electrons. The number of likely N-dealkylation sites (tertiary alicyclic amines) is 1. The molecule has 4 aliphatic rings. The van der Waals surface area contributed by atoms with E-state index in [0.717, 1.165) is 16.0 Å². The number of imide groups is 1. The maximum Gasteiger partial charge on any atom is 0.407 e. The summed E-state index contributed by atoms with van der Waals surface area (Å²) in [7, 11) is 0. The first-order valence-corrected chi connectivity index (χ1v) is 11.6.